The van der Waals surface area contributed by atoms with Crippen LogP contribution in [0.1, 0.15) is 356 Å². The van der Waals surface area contributed by atoms with Crippen LogP contribution in [0.4, 0.5) is 0 Å². The molecule has 0 aromatic rings. The minimum Gasteiger partial charge on any atom is -0.462 e. The maximum absolute atomic E-state index is 13.0. The molecule has 0 saturated heterocycles. The molecule has 0 saturated carbocycles. The standard InChI is InChI=1S/C69H134O17P2/c1-6-10-13-16-18-20-22-24-25-26-27-28-29-30-31-32-34-36-38-44-49-54-68(73)85-65(59-80-67(72)53-48-43-37-35-33-23-21-19-17-14-11-7-2)61-84-88(77,78)82-57-63(70)56-81-87(75,76)83-60-64(58-79-66(71)52-47-41-15-12-8-3)86-69(74)55-50-45-40-39-42-46-51-62(5)9-4/h62-65,70H,6-61H2,1-5H3,(H,75,76)(H,77,78)/t62?,63-,64+,65+/m0/s1. The molecule has 0 radical (unpaired) electrons. The second-order valence-electron chi connectivity index (χ2n) is 25.2. The third-order valence-corrected chi connectivity index (χ3v) is 18.3. The van der Waals surface area contributed by atoms with Crippen LogP contribution in [0, 0.1) is 5.92 Å². The average molecular weight is 1300 g/mol. The van der Waals surface area contributed by atoms with E-state index in [9.17, 15) is 43.2 Å². The van der Waals surface area contributed by atoms with E-state index < -0.39 is 97.5 Å². The number of carbonyl (C=O) groups is 4. The molecular formula is C69H134O17P2. The van der Waals surface area contributed by atoms with Gasteiger partial charge in [0.25, 0.3) is 0 Å². The summed E-state index contributed by atoms with van der Waals surface area (Å²) in [5.41, 5.74) is 0. The van der Waals surface area contributed by atoms with Gasteiger partial charge < -0.3 is 33.8 Å². The van der Waals surface area contributed by atoms with Crippen LogP contribution in [-0.2, 0) is 65.4 Å². The molecule has 0 fully saturated rings. The lowest BCUT2D eigenvalue weighted by atomic mass is 10.00. The summed E-state index contributed by atoms with van der Waals surface area (Å²) in [5.74, 6) is -1.42. The zero-order valence-electron chi connectivity index (χ0n) is 56.9. The molecule has 0 aromatic heterocycles. The minimum atomic E-state index is -4.95. The first kappa shape index (κ1) is 86.1. The summed E-state index contributed by atoms with van der Waals surface area (Å²) in [7, 11) is -9.89. The van der Waals surface area contributed by atoms with Crippen molar-refractivity contribution in [2.45, 2.75) is 374 Å². The molecule has 0 amide bonds. The Hall–Kier alpha value is -1.94. The van der Waals surface area contributed by atoms with Crippen molar-refractivity contribution in [1.82, 2.24) is 0 Å². The SMILES string of the molecule is CCCCCCCCCCCCCCCCCCCCCCCC(=O)O[C@H](COC(=O)CCCCCCCCCCCCCC)COP(=O)(O)OC[C@@H](O)COP(=O)(O)OC[C@@H](COC(=O)CCCCCCC)OC(=O)CCCCCCCCC(C)CC. The molecule has 0 aliphatic carbocycles. The van der Waals surface area contributed by atoms with E-state index in [0.717, 1.165) is 102 Å². The van der Waals surface area contributed by atoms with Gasteiger partial charge >= 0.3 is 39.5 Å². The predicted molar refractivity (Wildman–Crippen MR) is 354 cm³/mol. The topological polar surface area (TPSA) is 237 Å². The van der Waals surface area contributed by atoms with Gasteiger partial charge in [-0.2, -0.15) is 0 Å². The Morgan fingerprint density at radius 3 is 0.807 bits per heavy atom. The van der Waals surface area contributed by atoms with Gasteiger partial charge in [0.1, 0.15) is 19.3 Å². The van der Waals surface area contributed by atoms with Crippen molar-refractivity contribution < 1.29 is 80.2 Å². The Labute approximate surface area is 537 Å². The van der Waals surface area contributed by atoms with Crippen LogP contribution >= 0.6 is 15.6 Å². The summed E-state index contributed by atoms with van der Waals surface area (Å²) in [6.45, 7) is 7.09. The monoisotopic (exact) mass is 1300 g/mol. The number of hydrogen-bond donors (Lipinski definition) is 3. The second kappa shape index (κ2) is 62.5. The van der Waals surface area contributed by atoms with Crippen LogP contribution in [-0.4, -0.2) is 96.7 Å². The highest BCUT2D eigenvalue weighted by atomic mass is 31.2. The lowest BCUT2D eigenvalue weighted by Gasteiger charge is -2.21. The van der Waals surface area contributed by atoms with Gasteiger partial charge in [-0.15, -0.1) is 0 Å². The maximum atomic E-state index is 13.0. The number of unbranched alkanes of at least 4 members (excludes halogenated alkanes) is 40. The summed E-state index contributed by atoms with van der Waals surface area (Å²) in [6.07, 6.45) is 49.2. The van der Waals surface area contributed by atoms with E-state index in [1.54, 1.807) is 0 Å². The molecule has 0 rings (SSSR count). The second-order valence-corrected chi connectivity index (χ2v) is 28.1. The molecule has 3 N–H and O–H groups in total. The molecule has 0 spiro atoms. The summed E-state index contributed by atoms with van der Waals surface area (Å²) >= 11 is 0. The third kappa shape index (κ3) is 61.6. The quantitative estimate of drug-likeness (QED) is 0.0222. The van der Waals surface area contributed by atoms with E-state index in [2.05, 4.69) is 34.6 Å². The van der Waals surface area contributed by atoms with E-state index in [-0.39, 0.29) is 25.7 Å². The Morgan fingerprint density at radius 2 is 0.545 bits per heavy atom. The van der Waals surface area contributed by atoms with Gasteiger partial charge in [0.15, 0.2) is 12.2 Å². The lowest BCUT2D eigenvalue weighted by molar-refractivity contribution is -0.161. The first-order valence-corrected chi connectivity index (χ1v) is 39.2. The Kier molecular flexibility index (Phi) is 61.1. The van der Waals surface area contributed by atoms with Gasteiger partial charge in [-0.1, -0.05) is 304 Å². The number of phosphoric ester groups is 2. The number of carbonyl (C=O) groups excluding carboxylic acids is 4. The lowest BCUT2D eigenvalue weighted by Crippen LogP contribution is -2.30. The smallest absolute Gasteiger partial charge is 0.462 e. The first-order valence-electron chi connectivity index (χ1n) is 36.2. The van der Waals surface area contributed by atoms with Crippen LogP contribution in [0.15, 0.2) is 0 Å². The fourth-order valence-corrected chi connectivity index (χ4v) is 12.0. The fourth-order valence-electron chi connectivity index (χ4n) is 10.4. The normalized spacial score (nSPS) is 14.4. The predicted octanol–water partition coefficient (Wildman–Crippen LogP) is 19.7. The van der Waals surface area contributed by atoms with Crippen molar-refractivity contribution >= 4 is 39.5 Å². The Morgan fingerprint density at radius 1 is 0.318 bits per heavy atom. The molecular weight excluding hydrogens is 1160 g/mol. The first-order chi connectivity index (χ1) is 42.6. The van der Waals surface area contributed by atoms with E-state index in [0.29, 0.717) is 25.7 Å². The van der Waals surface area contributed by atoms with E-state index in [1.807, 2.05) is 0 Å². The van der Waals surface area contributed by atoms with Crippen molar-refractivity contribution in [3.05, 3.63) is 0 Å². The number of aliphatic hydroxyl groups excluding tert-OH is 1. The molecule has 0 aromatic carbocycles. The number of phosphoric acid groups is 2. The molecule has 3 unspecified atom stereocenters. The van der Waals surface area contributed by atoms with Crippen LogP contribution in [0.2, 0.25) is 0 Å². The van der Waals surface area contributed by atoms with Crippen LogP contribution in [0.3, 0.4) is 0 Å². The van der Waals surface area contributed by atoms with Gasteiger partial charge in [0, 0.05) is 25.7 Å². The number of esters is 4. The molecule has 88 heavy (non-hydrogen) atoms. The molecule has 6 atom stereocenters. The van der Waals surface area contributed by atoms with E-state index in [4.69, 9.17) is 37.0 Å². The molecule has 0 aliphatic heterocycles. The highest BCUT2D eigenvalue weighted by molar-refractivity contribution is 7.47. The van der Waals surface area contributed by atoms with Gasteiger partial charge in [-0.05, 0) is 31.6 Å². The minimum absolute atomic E-state index is 0.102. The van der Waals surface area contributed by atoms with Gasteiger partial charge in [0.2, 0.25) is 0 Å². The van der Waals surface area contributed by atoms with Gasteiger partial charge in [-0.25, -0.2) is 9.13 Å². The van der Waals surface area contributed by atoms with E-state index in [1.165, 1.54) is 173 Å². The number of rotatable bonds is 69. The van der Waals surface area contributed by atoms with Crippen LogP contribution < -0.4 is 0 Å². The summed E-state index contributed by atoms with van der Waals surface area (Å²) in [4.78, 5) is 72.1. The van der Waals surface area contributed by atoms with Crippen molar-refractivity contribution in [2.24, 2.45) is 5.92 Å². The molecule has 522 valence electrons. The molecule has 0 heterocycles. The third-order valence-electron chi connectivity index (χ3n) is 16.4. The Balaban J connectivity index is 5.10. The van der Waals surface area contributed by atoms with Gasteiger partial charge in [-0.3, -0.25) is 37.3 Å². The number of hydrogen-bond acceptors (Lipinski definition) is 15. The molecule has 17 nitrogen and oxygen atoms in total. The van der Waals surface area contributed by atoms with Crippen molar-refractivity contribution in [3.63, 3.8) is 0 Å². The largest absolute Gasteiger partial charge is 0.472 e. The van der Waals surface area contributed by atoms with Crippen molar-refractivity contribution in [2.75, 3.05) is 39.6 Å². The zero-order chi connectivity index (χ0) is 64.9. The number of ether oxygens (including phenoxy) is 4. The van der Waals surface area contributed by atoms with Gasteiger partial charge in [0.05, 0.1) is 26.4 Å². The summed E-state index contributed by atoms with van der Waals surface area (Å²) in [5, 5.41) is 10.5. The van der Waals surface area contributed by atoms with Crippen molar-refractivity contribution in [1.29, 1.82) is 0 Å². The average Bonchev–Trinajstić information content (AvgIpc) is 3.69. The Bertz CT molecular complexity index is 1710. The highest BCUT2D eigenvalue weighted by Gasteiger charge is 2.30. The van der Waals surface area contributed by atoms with Crippen LogP contribution in [0.25, 0.3) is 0 Å². The zero-order valence-corrected chi connectivity index (χ0v) is 58.6. The van der Waals surface area contributed by atoms with Crippen LogP contribution in [0.5, 0.6) is 0 Å². The van der Waals surface area contributed by atoms with Crippen molar-refractivity contribution in [3.8, 4) is 0 Å². The van der Waals surface area contributed by atoms with E-state index >= 15 is 0 Å². The fraction of sp³-hybridized carbons (Fsp3) is 0.942. The maximum Gasteiger partial charge on any atom is 0.472 e. The highest BCUT2D eigenvalue weighted by Crippen LogP contribution is 2.45. The summed E-state index contributed by atoms with van der Waals surface area (Å²) in [6, 6.07) is 0. The molecule has 0 aliphatic rings. The number of aliphatic hydroxyl groups is 1. The molecule has 0 bridgehead atoms. The summed E-state index contributed by atoms with van der Waals surface area (Å²) < 4.78 is 68.0. The molecule has 19 heteroatoms.